The molecule has 4 nitrogen and oxygen atoms in total. The third-order valence-electron chi connectivity index (χ3n) is 4.93. The molecule has 114 valence electrons. The van der Waals surface area contributed by atoms with Crippen molar-refractivity contribution in [3.05, 3.63) is 0 Å². The Labute approximate surface area is 126 Å². The van der Waals surface area contributed by atoms with Crippen LogP contribution in [0.15, 0.2) is 0 Å². The van der Waals surface area contributed by atoms with Crippen LogP contribution in [0.2, 0.25) is 0 Å². The minimum atomic E-state index is -0.622. The van der Waals surface area contributed by atoms with E-state index in [9.17, 15) is 9.90 Å². The zero-order valence-electron chi connectivity index (χ0n) is 12.3. The molecule has 0 unspecified atom stereocenters. The van der Waals surface area contributed by atoms with Crippen molar-refractivity contribution in [1.29, 1.82) is 0 Å². The van der Waals surface area contributed by atoms with Crippen LogP contribution in [0, 0.1) is 11.3 Å². The number of amides is 1. The lowest BCUT2D eigenvalue weighted by Crippen LogP contribution is -2.51. The number of carbonyl (C=O) groups is 1. The first-order valence-corrected chi connectivity index (χ1v) is 8.10. The smallest absolute Gasteiger partial charge is 0.235 e. The number of nitrogens with two attached hydrogens (primary N) is 1. The fraction of sp³-hybridized carbons (Fsp3) is 0.867. The van der Waals surface area contributed by atoms with E-state index >= 15 is 0 Å². The highest BCUT2D eigenvalue weighted by atomic mass is 32.1. The minimum Gasteiger partial charge on any atom is -0.393 e. The molecule has 0 radical (unpaired) electrons. The van der Waals surface area contributed by atoms with Crippen LogP contribution >= 0.6 is 12.2 Å². The Morgan fingerprint density at radius 2 is 1.85 bits per heavy atom. The molecule has 0 spiro atoms. The Hall–Kier alpha value is -0.680. The predicted octanol–water partition coefficient (Wildman–Crippen LogP) is 1.84. The van der Waals surface area contributed by atoms with E-state index in [4.69, 9.17) is 18.0 Å². The van der Waals surface area contributed by atoms with Crippen LogP contribution in [0.4, 0.5) is 0 Å². The van der Waals surface area contributed by atoms with Gasteiger partial charge in [0.15, 0.2) is 0 Å². The van der Waals surface area contributed by atoms with E-state index in [0.29, 0.717) is 17.5 Å². The quantitative estimate of drug-likeness (QED) is 0.614. The zero-order valence-corrected chi connectivity index (χ0v) is 13.1. The summed E-state index contributed by atoms with van der Waals surface area (Å²) >= 11 is 5.25. The molecule has 1 amide bonds. The van der Waals surface area contributed by atoms with Gasteiger partial charge in [0.2, 0.25) is 5.91 Å². The van der Waals surface area contributed by atoms with E-state index in [1.165, 1.54) is 0 Å². The molecular formula is C15H26N2O2S. The highest BCUT2D eigenvalue weighted by Crippen LogP contribution is 2.38. The van der Waals surface area contributed by atoms with E-state index in [1.54, 1.807) is 4.90 Å². The molecule has 3 N–H and O–H groups in total. The second-order valence-electron chi connectivity index (χ2n) is 6.54. The SMILES string of the molecule is CN(CC1CC(O)C1)C(=O)C1(C(N)=S)CCCCCC1. The largest absolute Gasteiger partial charge is 0.393 e. The number of nitrogens with zero attached hydrogens (tertiary/aromatic N) is 1. The molecule has 0 heterocycles. The normalized spacial score (nSPS) is 29.1. The average molecular weight is 298 g/mol. The summed E-state index contributed by atoms with van der Waals surface area (Å²) in [5.41, 5.74) is 5.33. The van der Waals surface area contributed by atoms with Gasteiger partial charge < -0.3 is 15.7 Å². The lowest BCUT2D eigenvalue weighted by atomic mass is 9.77. The van der Waals surface area contributed by atoms with Gasteiger partial charge >= 0.3 is 0 Å². The Morgan fingerprint density at radius 3 is 2.30 bits per heavy atom. The summed E-state index contributed by atoms with van der Waals surface area (Å²) in [4.78, 5) is 15.0. The van der Waals surface area contributed by atoms with Crippen LogP contribution in [0.1, 0.15) is 51.4 Å². The topological polar surface area (TPSA) is 66.6 Å². The molecule has 0 aromatic heterocycles. The second kappa shape index (κ2) is 6.39. The van der Waals surface area contributed by atoms with E-state index in [-0.39, 0.29) is 12.0 Å². The van der Waals surface area contributed by atoms with Crippen LogP contribution in [0.3, 0.4) is 0 Å². The highest BCUT2D eigenvalue weighted by Gasteiger charge is 2.43. The van der Waals surface area contributed by atoms with Crippen molar-refractivity contribution in [2.45, 2.75) is 57.5 Å². The average Bonchev–Trinajstić information content (AvgIpc) is 2.62. The molecule has 0 aliphatic heterocycles. The van der Waals surface area contributed by atoms with Crippen molar-refractivity contribution < 1.29 is 9.90 Å². The maximum Gasteiger partial charge on any atom is 0.235 e. The number of hydrogen-bond donors (Lipinski definition) is 2. The molecule has 2 fully saturated rings. The van der Waals surface area contributed by atoms with Gasteiger partial charge in [-0.2, -0.15) is 0 Å². The summed E-state index contributed by atoms with van der Waals surface area (Å²) in [6.45, 7) is 0.709. The van der Waals surface area contributed by atoms with Crippen molar-refractivity contribution in [3.63, 3.8) is 0 Å². The molecule has 0 aromatic rings. The molecule has 5 heteroatoms. The second-order valence-corrected chi connectivity index (χ2v) is 6.98. The minimum absolute atomic E-state index is 0.0910. The summed E-state index contributed by atoms with van der Waals surface area (Å²) in [6.07, 6.45) is 7.39. The van der Waals surface area contributed by atoms with Crippen molar-refractivity contribution in [2.75, 3.05) is 13.6 Å². The van der Waals surface area contributed by atoms with Crippen molar-refractivity contribution in [3.8, 4) is 0 Å². The molecule has 2 rings (SSSR count). The molecule has 2 saturated carbocycles. The van der Waals surface area contributed by atoms with Gasteiger partial charge in [0, 0.05) is 13.6 Å². The lowest BCUT2D eigenvalue weighted by Gasteiger charge is -2.39. The summed E-state index contributed by atoms with van der Waals surface area (Å²) in [6, 6.07) is 0. The van der Waals surface area contributed by atoms with Gasteiger partial charge in [-0.05, 0) is 31.6 Å². The first-order valence-electron chi connectivity index (χ1n) is 7.69. The van der Waals surface area contributed by atoms with Crippen LogP contribution in [-0.2, 0) is 4.79 Å². The van der Waals surface area contributed by atoms with Gasteiger partial charge in [-0.3, -0.25) is 4.79 Å². The van der Waals surface area contributed by atoms with Gasteiger partial charge in [0.25, 0.3) is 0 Å². The monoisotopic (exact) mass is 298 g/mol. The molecule has 2 aliphatic rings. The van der Waals surface area contributed by atoms with Gasteiger partial charge in [0.05, 0.1) is 16.5 Å². The highest BCUT2D eigenvalue weighted by molar-refractivity contribution is 7.80. The Kier molecular flexibility index (Phi) is 5.02. The Bertz CT molecular complexity index is 372. The van der Waals surface area contributed by atoms with E-state index in [1.807, 2.05) is 7.05 Å². The van der Waals surface area contributed by atoms with Crippen LogP contribution < -0.4 is 5.73 Å². The predicted molar refractivity (Wildman–Crippen MR) is 83.3 cm³/mol. The van der Waals surface area contributed by atoms with Crippen molar-refractivity contribution in [2.24, 2.45) is 17.1 Å². The van der Waals surface area contributed by atoms with Crippen LogP contribution in [0.5, 0.6) is 0 Å². The Morgan fingerprint density at radius 1 is 1.30 bits per heavy atom. The van der Waals surface area contributed by atoms with Crippen LogP contribution in [-0.4, -0.2) is 40.6 Å². The lowest BCUT2D eigenvalue weighted by molar-refractivity contribution is -0.139. The summed E-state index contributed by atoms with van der Waals surface area (Å²) < 4.78 is 0. The fourth-order valence-electron chi connectivity index (χ4n) is 3.58. The molecule has 0 saturated heterocycles. The summed E-state index contributed by atoms with van der Waals surface area (Å²) in [5.74, 6) is 0.515. The number of hydrogen-bond acceptors (Lipinski definition) is 3. The number of aliphatic hydroxyl groups is 1. The third kappa shape index (κ3) is 3.14. The molecule has 2 aliphatic carbocycles. The van der Waals surface area contributed by atoms with E-state index in [0.717, 1.165) is 51.4 Å². The Balaban J connectivity index is 2.03. The van der Waals surface area contributed by atoms with Gasteiger partial charge in [0.1, 0.15) is 0 Å². The molecule has 0 aromatic carbocycles. The number of carbonyl (C=O) groups excluding carboxylic acids is 1. The summed E-state index contributed by atoms with van der Waals surface area (Å²) in [7, 11) is 1.85. The summed E-state index contributed by atoms with van der Waals surface area (Å²) in [5, 5.41) is 9.35. The van der Waals surface area contributed by atoms with Gasteiger partial charge in [-0.1, -0.05) is 37.9 Å². The van der Waals surface area contributed by atoms with Crippen molar-refractivity contribution >= 4 is 23.1 Å². The zero-order chi connectivity index (χ0) is 14.8. The van der Waals surface area contributed by atoms with E-state index < -0.39 is 5.41 Å². The van der Waals surface area contributed by atoms with Crippen molar-refractivity contribution in [1.82, 2.24) is 4.90 Å². The molecule has 20 heavy (non-hydrogen) atoms. The number of aliphatic hydroxyl groups excluding tert-OH is 1. The van der Waals surface area contributed by atoms with Crippen LogP contribution in [0.25, 0.3) is 0 Å². The molecule has 0 bridgehead atoms. The number of thiocarbonyl (C=S) groups is 1. The maximum atomic E-state index is 12.9. The molecular weight excluding hydrogens is 272 g/mol. The first kappa shape index (κ1) is 15.7. The molecule has 0 atom stereocenters. The van der Waals surface area contributed by atoms with Gasteiger partial charge in [-0.25, -0.2) is 0 Å². The van der Waals surface area contributed by atoms with E-state index in [2.05, 4.69) is 0 Å². The van der Waals surface area contributed by atoms with Gasteiger partial charge in [-0.15, -0.1) is 0 Å². The third-order valence-corrected chi connectivity index (χ3v) is 5.32. The first-order chi connectivity index (χ1) is 9.45. The standard InChI is InChI=1S/C15H26N2O2S/c1-17(10-11-8-12(18)9-11)14(19)15(13(16)20)6-4-2-3-5-7-15/h11-12,18H,2-10H2,1H3,(H2,16,20). The fourth-order valence-corrected chi connectivity index (χ4v) is 3.87. The maximum absolute atomic E-state index is 12.9. The number of rotatable bonds is 4.